The van der Waals surface area contributed by atoms with E-state index in [1.54, 1.807) is 18.1 Å². The lowest BCUT2D eigenvalue weighted by atomic mass is 10.1. The molecule has 158 valence electrons. The number of likely N-dealkylation sites (N-methyl/N-ethyl adjacent to an activating group) is 1. The van der Waals surface area contributed by atoms with Crippen LogP contribution in [0.15, 0.2) is 30.5 Å². The van der Waals surface area contributed by atoms with Crippen molar-refractivity contribution in [1.82, 2.24) is 9.97 Å². The third-order valence-corrected chi connectivity index (χ3v) is 6.33. The van der Waals surface area contributed by atoms with E-state index in [9.17, 15) is 4.79 Å². The Kier molecular flexibility index (Phi) is 5.16. The van der Waals surface area contributed by atoms with Crippen LogP contribution in [0, 0.1) is 0 Å². The number of nitrogens with one attached hydrogen (secondary N) is 1. The predicted octanol–water partition coefficient (Wildman–Crippen LogP) is 2.78. The lowest BCUT2D eigenvalue weighted by Crippen LogP contribution is -2.48. The zero-order chi connectivity index (χ0) is 20.5. The van der Waals surface area contributed by atoms with Crippen LogP contribution in [0.25, 0.3) is 0 Å². The summed E-state index contributed by atoms with van der Waals surface area (Å²) in [5, 5.41) is 3.33. The quantitative estimate of drug-likeness (QED) is 0.834. The summed E-state index contributed by atoms with van der Waals surface area (Å²) < 4.78 is 5.43. The highest BCUT2D eigenvalue weighted by atomic mass is 16.5. The molecular weight excluding hydrogens is 380 g/mol. The van der Waals surface area contributed by atoms with E-state index in [-0.39, 0.29) is 5.91 Å². The minimum atomic E-state index is 0.0948. The van der Waals surface area contributed by atoms with Gasteiger partial charge in [0.1, 0.15) is 5.69 Å². The number of benzene rings is 1. The standard InChI is InChI=1S/C22H28N6O2/c1-26-19-14-23-22(25-21(19)28(15-20(26)29)18-4-2-3-5-18)24-16-6-8-17(9-7-16)27-10-12-30-13-11-27/h6-9,14,18H,2-5,10-13,15H2,1H3,(H,23,24,25). The molecule has 3 heterocycles. The summed E-state index contributed by atoms with van der Waals surface area (Å²) in [7, 11) is 1.80. The maximum atomic E-state index is 12.5. The lowest BCUT2D eigenvalue weighted by molar-refractivity contribution is -0.117. The van der Waals surface area contributed by atoms with Crippen molar-refractivity contribution >= 4 is 34.7 Å². The molecule has 1 saturated carbocycles. The van der Waals surface area contributed by atoms with Crippen LogP contribution < -0.4 is 20.0 Å². The van der Waals surface area contributed by atoms with Crippen LogP contribution in [0.5, 0.6) is 0 Å². The third-order valence-electron chi connectivity index (χ3n) is 6.33. The number of hydrogen-bond acceptors (Lipinski definition) is 7. The second-order valence-corrected chi connectivity index (χ2v) is 8.19. The Hall–Kier alpha value is -2.87. The largest absolute Gasteiger partial charge is 0.378 e. The first-order valence-corrected chi connectivity index (χ1v) is 10.8. The number of nitrogens with zero attached hydrogens (tertiary/aromatic N) is 5. The molecule has 5 rings (SSSR count). The maximum absolute atomic E-state index is 12.5. The van der Waals surface area contributed by atoms with Gasteiger partial charge in [-0.15, -0.1) is 0 Å². The number of carbonyl (C=O) groups is 1. The first-order chi connectivity index (χ1) is 14.7. The number of anilines is 5. The molecule has 1 N–H and O–H groups in total. The molecule has 0 unspecified atom stereocenters. The van der Waals surface area contributed by atoms with Crippen molar-refractivity contribution < 1.29 is 9.53 Å². The summed E-state index contributed by atoms with van der Waals surface area (Å²) >= 11 is 0. The maximum Gasteiger partial charge on any atom is 0.246 e. The fourth-order valence-electron chi connectivity index (χ4n) is 4.56. The number of hydrogen-bond donors (Lipinski definition) is 1. The molecule has 1 aromatic heterocycles. The topological polar surface area (TPSA) is 73.8 Å². The molecule has 0 radical (unpaired) electrons. The molecule has 1 saturated heterocycles. The summed E-state index contributed by atoms with van der Waals surface area (Å²) in [5.41, 5.74) is 2.92. The van der Waals surface area contributed by atoms with Gasteiger partial charge in [0.05, 0.1) is 26.0 Å². The molecule has 1 aliphatic carbocycles. The van der Waals surface area contributed by atoms with Crippen LogP contribution in [-0.4, -0.2) is 61.8 Å². The molecule has 3 aliphatic rings. The van der Waals surface area contributed by atoms with Crippen molar-refractivity contribution in [2.24, 2.45) is 0 Å². The number of amides is 1. The minimum absolute atomic E-state index is 0.0948. The second kappa shape index (κ2) is 8.10. The van der Waals surface area contributed by atoms with E-state index in [4.69, 9.17) is 9.72 Å². The molecule has 30 heavy (non-hydrogen) atoms. The molecule has 1 aromatic carbocycles. The number of aromatic nitrogens is 2. The summed E-state index contributed by atoms with van der Waals surface area (Å²) in [6.45, 7) is 3.78. The van der Waals surface area contributed by atoms with Crippen LogP contribution in [-0.2, 0) is 9.53 Å². The van der Waals surface area contributed by atoms with Crippen LogP contribution in [0.1, 0.15) is 25.7 Å². The molecule has 0 spiro atoms. The van der Waals surface area contributed by atoms with Gasteiger partial charge < -0.3 is 24.8 Å². The fourth-order valence-corrected chi connectivity index (χ4v) is 4.56. The summed E-state index contributed by atoms with van der Waals surface area (Å²) in [5.74, 6) is 1.50. The van der Waals surface area contributed by atoms with Crippen LogP contribution in [0.4, 0.5) is 28.8 Å². The number of fused-ring (bicyclic) bond motifs is 1. The van der Waals surface area contributed by atoms with E-state index < -0.39 is 0 Å². The Labute approximate surface area is 176 Å². The van der Waals surface area contributed by atoms with E-state index >= 15 is 0 Å². The first-order valence-electron chi connectivity index (χ1n) is 10.8. The van der Waals surface area contributed by atoms with E-state index in [0.29, 0.717) is 18.5 Å². The Morgan fingerprint density at radius 3 is 2.57 bits per heavy atom. The van der Waals surface area contributed by atoms with Crippen LogP contribution in [0.3, 0.4) is 0 Å². The van der Waals surface area contributed by atoms with Crippen molar-refractivity contribution in [3.63, 3.8) is 0 Å². The normalized spacial score (nSPS) is 19.9. The Balaban J connectivity index is 1.36. The average Bonchev–Trinajstić information content (AvgIpc) is 3.32. The van der Waals surface area contributed by atoms with Gasteiger partial charge in [-0.1, -0.05) is 12.8 Å². The van der Waals surface area contributed by atoms with Crippen molar-refractivity contribution in [2.45, 2.75) is 31.7 Å². The highest BCUT2D eigenvalue weighted by Gasteiger charge is 2.34. The molecular formula is C22H28N6O2. The molecule has 2 aromatic rings. The fraction of sp³-hybridized carbons (Fsp3) is 0.500. The predicted molar refractivity (Wildman–Crippen MR) is 118 cm³/mol. The molecule has 8 heteroatoms. The number of carbonyl (C=O) groups excluding carboxylic acids is 1. The van der Waals surface area contributed by atoms with E-state index in [0.717, 1.165) is 56.3 Å². The number of rotatable bonds is 4. The molecule has 1 amide bonds. The second-order valence-electron chi connectivity index (χ2n) is 8.19. The zero-order valence-electron chi connectivity index (χ0n) is 17.4. The molecule has 2 fully saturated rings. The summed E-state index contributed by atoms with van der Waals surface area (Å²) in [4.78, 5) is 27.9. The highest BCUT2D eigenvalue weighted by molar-refractivity contribution is 6.02. The van der Waals surface area contributed by atoms with Gasteiger partial charge in [-0.25, -0.2) is 4.98 Å². The smallest absolute Gasteiger partial charge is 0.246 e. The Morgan fingerprint density at radius 2 is 1.83 bits per heavy atom. The van der Waals surface area contributed by atoms with Gasteiger partial charge in [0.15, 0.2) is 5.82 Å². The average molecular weight is 409 g/mol. The first kappa shape index (κ1) is 19.1. The van der Waals surface area contributed by atoms with Crippen molar-refractivity contribution in [1.29, 1.82) is 0 Å². The molecule has 0 atom stereocenters. The zero-order valence-corrected chi connectivity index (χ0v) is 17.4. The van der Waals surface area contributed by atoms with Gasteiger partial charge in [0.2, 0.25) is 11.9 Å². The van der Waals surface area contributed by atoms with E-state index in [2.05, 4.69) is 44.4 Å². The Bertz CT molecular complexity index is 906. The van der Waals surface area contributed by atoms with Gasteiger partial charge in [0.25, 0.3) is 0 Å². The molecule has 8 nitrogen and oxygen atoms in total. The third kappa shape index (κ3) is 3.67. The number of morpholine rings is 1. The van der Waals surface area contributed by atoms with Crippen LogP contribution in [0.2, 0.25) is 0 Å². The summed E-state index contributed by atoms with van der Waals surface area (Å²) in [6, 6.07) is 8.72. The van der Waals surface area contributed by atoms with Crippen molar-refractivity contribution in [2.75, 3.05) is 59.9 Å². The molecule has 0 bridgehead atoms. The van der Waals surface area contributed by atoms with Crippen molar-refractivity contribution in [3.8, 4) is 0 Å². The lowest BCUT2D eigenvalue weighted by Gasteiger charge is -2.37. The van der Waals surface area contributed by atoms with Gasteiger partial charge in [0, 0.05) is 37.6 Å². The van der Waals surface area contributed by atoms with Gasteiger partial charge in [-0.3, -0.25) is 4.79 Å². The molecule has 2 aliphatic heterocycles. The minimum Gasteiger partial charge on any atom is -0.378 e. The van der Waals surface area contributed by atoms with Gasteiger partial charge in [-0.2, -0.15) is 4.98 Å². The Morgan fingerprint density at radius 1 is 1.10 bits per heavy atom. The highest BCUT2D eigenvalue weighted by Crippen LogP contribution is 2.36. The van der Waals surface area contributed by atoms with Crippen molar-refractivity contribution in [3.05, 3.63) is 30.5 Å². The van der Waals surface area contributed by atoms with E-state index in [1.807, 2.05) is 0 Å². The van der Waals surface area contributed by atoms with Crippen LogP contribution >= 0.6 is 0 Å². The monoisotopic (exact) mass is 408 g/mol. The van der Waals surface area contributed by atoms with E-state index in [1.165, 1.54) is 18.5 Å². The summed E-state index contributed by atoms with van der Waals surface area (Å²) in [6.07, 6.45) is 6.42. The SMILES string of the molecule is CN1C(=O)CN(C2CCCC2)c2nc(Nc3ccc(N4CCOCC4)cc3)ncc21. The van der Waals surface area contributed by atoms with Gasteiger partial charge in [-0.05, 0) is 37.1 Å². The van der Waals surface area contributed by atoms with Gasteiger partial charge >= 0.3 is 0 Å². The number of ether oxygens (including phenoxy) is 1.